The monoisotopic (exact) mass is 273 g/mol. The summed E-state index contributed by atoms with van der Waals surface area (Å²) >= 11 is 0. The maximum Gasteiger partial charge on any atom is 0.269 e. The standard InChI is InChI=1S/C15H16NO2P/c1-15(2,12-6-4-3-5-7-12)19-14-10-8-13(9-11-14)16(17)18/h3-11,19H,1-2H3. The van der Waals surface area contributed by atoms with Gasteiger partial charge in [0, 0.05) is 17.3 Å². The van der Waals surface area contributed by atoms with E-state index in [0.717, 1.165) is 5.30 Å². The van der Waals surface area contributed by atoms with Gasteiger partial charge in [-0.25, -0.2) is 0 Å². The van der Waals surface area contributed by atoms with E-state index in [0.29, 0.717) is 8.58 Å². The van der Waals surface area contributed by atoms with Crippen molar-refractivity contribution in [3.8, 4) is 0 Å². The Hall–Kier alpha value is -1.73. The van der Waals surface area contributed by atoms with Crippen molar-refractivity contribution in [3.05, 3.63) is 70.3 Å². The molecule has 2 aromatic carbocycles. The Morgan fingerprint density at radius 1 is 1.00 bits per heavy atom. The average Bonchev–Trinajstić information content (AvgIpc) is 2.40. The molecule has 0 N–H and O–H groups in total. The van der Waals surface area contributed by atoms with Crippen molar-refractivity contribution in [1.29, 1.82) is 0 Å². The first-order valence-electron chi connectivity index (χ1n) is 6.07. The van der Waals surface area contributed by atoms with Gasteiger partial charge in [-0.05, 0) is 23.0 Å². The normalized spacial score (nSPS) is 11.9. The highest BCUT2D eigenvalue weighted by Crippen LogP contribution is 2.40. The molecule has 19 heavy (non-hydrogen) atoms. The number of hydrogen-bond donors (Lipinski definition) is 0. The maximum atomic E-state index is 10.6. The minimum absolute atomic E-state index is 0.0391. The summed E-state index contributed by atoms with van der Waals surface area (Å²) in [6.07, 6.45) is 0. The molecule has 0 bridgehead atoms. The van der Waals surface area contributed by atoms with E-state index in [2.05, 4.69) is 26.0 Å². The van der Waals surface area contributed by atoms with Crippen LogP contribution in [0.4, 0.5) is 5.69 Å². The maximum absolute atomic E-state index is 10.6. The number of hydrogen-bond acceptors (Lipinski definition) is 2. The third-order valence-corrected chi connectivity index (χ3v) is 4.57. The fourth-order valence-electron chi connectivity index (χ4n) is 1.95. The van der Waals surface area contributed by atoms with Crippen molar-refractivity contribution in [3.63, 3.8) is 0 Å². The molecule has 0 saturated carbocycles. The highest BCUT2D eigenvalue weighted by Gasteiger charge is 2.21. The van der Waals surface area contributed by atoms with E-state index in [-0.39, 0.29) is 15.8 Å². The van der Waals surface area contributed by atoms with Gasteiger partial charge in [0.15, 0.2) is 0 Å². The van der Waals surface area contributed by atoms with Gasteiger partial charge in [0.2, 0.25) is 0 Å². The first-order chi connectivity index (χ1) is 8.99. The summed E-state index contributed by atoms with van der Waals surface area (Å²) in [4.78, 5) is 10.3. The zero-order chi connectivity index (χ0) is 13.9. The molecule has 0 heterocycles. The summed E-state index contributed by atoms with van der Waals surface area (Å²) in [5.74, 6) is 0. The summed E-state index contributed by atoms with van der Waals surface area (Å²) in [6.45, 7) is 4.39. The van der Waals surface area contributed by atoms with E-state index in [1.807, 2.05) is 30.3 Å². The van der Waals surface area contributed by atoms with Crippen LogP contribution in [0.2, 0.25) is 0 Å². The van der Waals surface area contributed by atoms with Crippen LogP contribution < -0.4 is 5.30 Å². The zero-order valence-electron chi connectivity index (χ0n) is 11.0. The van der Waals surface area contributed by atoms with E-state index < -0.39 is 0 Å². The molecule has 4 heteroatoms. The van der Waals surface area contributed by atoms with Crippen molar-refractivity contribution >= 4 is 19.6 Å². The van der Waals surface area contributed by atoms with Crippen LogP contribution in [0.25, 0.3) is 0 Å². The predicted molar refractivity (Wildman–Crippen MR) is 80.5 cm³/mol. The summed E-state index contributed by atoms with van der Waals surface area (Å²) in [6, 6.07) is 17.2. The summed E-state index contributed by atoms with van der Waals surface area (Å²) in [7, 11) is 0.576. The molecule has 98 valence electrons. The fraction of sp³-hybridized carbons (Fsp3) is 0.200. The molecule has 0 amide bonds. The number of nitro benzene ring substituents is 1. The molecule has 2 rings (SSSR count). The lowest BCUT2D eigenvalue weighted by atomic mass is 10.0. The minimum Gasteiger partial charge on any atom is -0.258 e. The Morgan fingerprint density at radius 3 is 2.11 bits per heavy atom. The van der Waals surface area contributed by atoms with Gasteiger partial charge in [0.1, 0.15) is 0 Å². The van der Waals surface area contributed by atoms with Crippen molar-refractivity contribution in [2.24, 2.45) is 0 Å². The van der Waals surface area contributed by atoms with Crippen molar-refractivity contribution < 1.29 is 4.92 Å². The van der Waals surface area contributed by atoms with Crippen LogP contribution in [0.15, 0.2) is 54.6 Å². The summed E-state index contributed by atoms with van der Waals surface area (Å²) in [5.41, 5.74) is 1.43. The van der Waals surface area contributed by atoms with Gasteiger partial charge in [-0.1, -0.05) is 52.8 Å². The van der Waals surface area contributed by atoms with Crippen molar-refractivity contribution in [2.45, 2.75) is 19.0 Å². The van der Waals surface area contributed by atoms with Gasteiger partial charge in [-0.15, -0.1) is 0 Å². The largest absolute Gasteiger partial charge is 0.269 e. The molecule has 1 atom stereocenters. The Morgan fingerprint density at radius 2 is 1.58 bits per heavy atom. The Bertz CT molecular complexity index is 564. The molecule has 0 aliphatic heterocycles. The van der Waals surface area contributed by atoms with Crippen LogP contribution in [0, 0.1) is 10.1 Å². The highest BCUT2D eigenvalue weighted by molar-refractivity contribution is 7.48. The highest BCUT2D eigenvalue weighted by atomic mass is 31.1. The van der Waals surface area contributed by atoms with Gasteiger partial charge in [0.05, 0.1) is 4.92 Å². The predicted octanol–water partition coefficient (Wildman–Crippen LogP) is 3.83. The van der Waals surface area contributed by atoms with E-state index in [1.54, 1.807) is 12.1 Å². The molecule has 0 aliphatic carbocycles. The lowest BCUT2D eigenvalue weighted by Crippen LogP contribution is -2.14. The van der Waals surface area contributed by atoms with Crippen LogP contribution in [-0.4, -0.2) is 4.92 Å². The zero-order valence-corrected chi connectivity index (χ0v) is 12.0. The van der Waals surface area contributed by atoms with Gasteiger partial charge < -0.3 is 0 Å². The van der Waals surface area contributed by atoms with Crippen molar-refractivity contribution in [2.75, 3.05) is 0 Å². The smallest absolute Gasteiger partial charge is 0.258 e. The van der Waals surface area contributed by atoms with E-state index in [9.17, 15) is 10.1 Å². The second-order valence-corrected chi connectivity index (χ2v) is 7.00. The third kappa shape index (κ3) is 3.39. The molecule has 1 unspecified atom stereocenters. The van der Waals surface area contributed by atoms with Gasteiger partial charge >= 0.3 is 0 Å². The van der Waals surface area contributed by atoms with Gasteiger partial charge in [-0.2, -0.15) is 0 Å². The molecular weight excluding hydrogens is 257 g/mol. The molecule has 0 fully saturated rings. The van der Waals surface area contributed by atoms with E-state index >= 15 is 0 Å². The second-order valence-electron chi connectivity index (χ2n) is 4.92. The molecule has 0 radical (unpaired) electrons. The SMILES string of the molecule is CC(C)(Pc1ccc([N+](=O)[O-])cc1)c1ccccc1. The number of nitro groups is 1. The molecule has 0 aromatic heterocycles. The summed E-state index contributed by atoms with van der Waals surface area (Å²) < 4.78 is 0. The topological polar surface area (TPSA) is 43.1 Å². The fourth-order valence-corrected chi connectivity index (χ4v) is 3.32. The lowest BCUT2D eigenvalue weighted by Gasteiger charge is -2.25. The van der Waals surface area contributed by atoms with Crippen LogP contribution in [0.3, 0.4) is 0 Å². The van der Waals surface area contributed by atoms with Crippen LogP contribution >= 0.6 is 8.58 Å². The quantitative estimate of drug-likeness (QED) is 0.482. The first kappa shape index (κ1) is 13.7. The van der Waals surface area contributed by atoms with E-state index in [4.69, 9.17) is 0 Å². The number of rotatable bonds is 4. The second kappa shape index (κ2) is 5.50. The lowest BCUT2D eigenvalue weighted by molar-refractivity contribution is -0.384. The molecule has 0 saturated heterocycles. The first-order valence-corrected chi connectivity index (χ1v) is 7.07. The van der Waals surface area contributed by atoms with E-state index in [1.165, 1.54) is 5.56 Å². The van der Waals surface area contributed by atoms with Gasteiger partial charge in [0.25, 0.3) is 5.69 Å². The Balaban J connectivity index is 2.18. The number of benzene rings is 2. The third-order valence-electron chi connectivity index (χ3n) is 3.03. The van der Waals surface area contributed by atoms with Crippen LogP contribution in [-0.2, 0) is 5.16 Å². The molecule has 0 aliphatic rings. The minimum atomic E-state index is -0.366. The van der Waals surface area contributed by atoms with Crippen molar-refractivity contribution in [1.82, 2.24) is 0 Å². The molecule has 2 aromatic rings. The van der Waals surface area contributed by atoms with Gasteiger partial charge in [-0.3, -0.25) is 10.1 Å². The molecular formula is C15H16NO2P. The number of non-ortho nitro benzene ring substituents is 1. The number of nitrogens with zero attached hydrogens (tertiary/aromatic N) is 1. The Kier molecular flexibility index (Phi) is 3.96. The van der Waals surface area contributed by atoms with Crippen LogP contribution in [0.5, 0.6) is 0 Å². The summed E-state index contributed by atoms with van der Waals surface area (Å²) in [5, 5.41) is 11.8. The molecule has 3 nitrogen and oxygen atoms in total. The average molecular weight is 273 g/mol. The van der Waals surface area contributed by atoms with Crippen LogP contribution in [0.1, 0.15) is 19.4 Å². The Labute approximate surface area is 114 Å². The molecule has 0 spiro atoms.